The summed E-state index contributed by atoms with van der Waals surface area (Å²) in [5, 5.41) is 12.4. The minimum Gasteiger partial charge on any atom is -0.478 e. The highest BCUT2D eigenvalue weighted by molar-refractivity contribution is 7.59. The molecule has 10 heteroatoms. The molecule has 3 aromatic rings. The fraction of sp³-hybridized carbons (Fsp3) is 0.333. The van der Waals surface area contributed by atoms with E-state index in [9.17, 15) is 18.8 Å². The standard InChI is InChI=1S/C22H24FN3OS.C5H6O3.H2S/c1-14-13-25-26-7-3-6-20-18(22(14)26)11-21(28-20)19(27)10-16(12-24)8-15-4-2-5-17(23)9-15;1-4(6)2-3-5(7)8;/h2,4-5,9,11,13,16H,3,6-8,10,12,24H2,1H3;2-3H,1H3,(H,7,8);1H2/b;3-2-;/t16-;;/m1../s1. The molecule has 198 valence electrons. The topological polar surface area (TPSA) is 115 Å². The van der Waals surface area contributed by atoms with Crippen molar-refractivity contribution in [1.29, 1.82) is 0 Å². The number of benzene rings is 1. The number of aliphatic carboxylic acids is 1. The molecule has 7 nitrogen and oxygen atoms in total. The quantitative estimate of drug-likeness (QED) is 0.313. The van der Waals surface area contributed by atoms with Crippen LogP contribution in [0.5, 0.6) is 0 Å². The molecule has 0 aliphatic carbocycles. The van der Waals surface area contributed by atoms with Crippen LogP contribution >= 0.6 is 24.8 Å². The minimum atomic E-state index is -1.10. The SMILES string of the molecule is CC(=O)/C=C\C(=O)O.Cc1cnn2c1-c1cc(C(=O)C[C@H](CN)Cc3cccc(F)c3)sc1CCC2.S. The zero-order valence-corrected chi connectivity index (χ0v) is 22.7. The van der Waals surface area contributed by atoms with Gasteiger partial charge >= 0.3 is 5.97 Å². The van der Waals surface area contributed by atoms with Crippen molar-refractivity contribution < 1.29 is 23.9 Å². The number of Topliss-reactive ketones (excluding diaryl/α,β-unsaturated/α-hetero) is 1. The van der Waals surface area contributed by atoms with Crippen molar-refractivity contribution in [3.8, 4) is 11.3 Å². The Balaban J connectivity index is 0.000000467. The largest absolute Gasteiger partial charge is 0.478 e. The zero-order valence-electron chi connectivity index (χ0n) is 20.9. The highest BCUT2D eigenvalue weighted by atomic mass is 32.1. The van der Waals surface area contributed by atoms with Crippen LogP contribution in [0.4, 0.5) is 4.39 Å². The van der Waals surface area contributed by atoms with E-state index in [0.717, 1.165) is 58.8 Å². The molecule has 2 aromatic heterocycles. The van der Waals surface area contributed by atoms with E-state index in [2.05, 4.69) is 16.7 Å². The van der Waals surface area contributed by atoms with Crippen molar-refractivity contribution >= 4 is 42.4 Å². The number of carboxylic acid groups (broad SMARTS) is 1. The average Bonchev–Trinajstić information content (AvgIpc) is 3.36. The number of rotatable bonds is 8. The number of carboxylic acids is 1. The maximum Gasteiger partial charge on any atom is 0.328 e. The normalized spacial score (nSPS) is 12.9. The lowest BCUT2D eigenvalue weighted by atomic mass is 9.93. The highest BCUT2D eigenvalue weighted by Crippen LogP contribution is 2.37. The first-order valence-corrected chi connectivity index (χ1v) is 12.5. The molecular weight excluding hydrogens is 513 g/mol. The van der Waals surface area contributed by atoms with Crippen LogP contribution in [-0.4, -0.2) is 39.0 Å². The van der Waals surface area contributed by atoms with Crippen molar-refractivity contribution in [2.24, 2.45) is 11.7 Å². The highest BCUT2D eigenvalue weighted by Gasteiger charge is 2.23. The summed E-state index contributed by atoms with van der Waals surface area (Å²) in [5.41, 5.74) is 10.2. The van der Waals surface area contributed by atoms with Gasteiger partial charge in [0, 0.05) is 29.5 Å². The summed E-state index contributed by atoms with van der Waals surface area (Å²) in [4.78, 5) is 34.7. The summed E-state index contributed by atoms with van der Waals surface area (Å²) in [6, 6.07) is 8.56. The van der Waals surface area contributed by atoms with Crippen LogP contribution in [0.25, 0.3) is 11.3 Å². The second-order valence-corrected chi connectivity index (χ2v) is 9.93. The Morgan fingerprint density at radius 2 is 2.03 bits per heavy atom. The molecule has 1 aromatic carbocycles. The molecule has 0 saturated carbocycles. The van der Waals surface area contributed by atoms with E-state index < -0.39 is 5.97 Å². The first kappa shape index (κ1) is 30.1. The van der Waals surface area contributed by atoms with Crippen LogP contribution in [0.1, 0.15) is 45.4 Å². The third-order valence-corrected chi connectivity index (χ3v) is 7.05. The molecule has 1 atom stereocenters. The fourth-order valence-electron chi connectivity index (χ4n) is 4.13. The van der Waals surface area contributed by atoms with E-state index in [1.54, 1.807) is 17.4 Å². The van der Waals surface area contributed by atoms with Crippen LogP contribution < -0.4 is 5.73 Å². The summed E-state index contributed by atoms with van der Waals surface area (Å²) >= 11 is 1.60. The fourth-order valence-corrected chi connectivity index (χ4v) is 5.28. The molecule has 1 aliphatic heterocycles. The molecule has 0 radical (unpaired) electrons. The van der Waals surface area contributed by atoms with Gasteiger partial charge in [0.2, 0.25) is 0 Å². The third kappa shape index (κ3) is 8.48. The van der Waals surface area contributed by atoms with Gasteiger partial charge in [0.25, 0.3) is 0 Å². The van der Waals surface area contributed by atoms with Crippen molar-refractivity contribution in [3.63, 3.8) is 0 Å². The minimum absolute atomic E-state index is 0. The van der Waals surface area contributed by atoms with Crippen LogP contribution in [0.3, 0.4) is 0 Å². The first-order chi connectivity index (χ1) is 17.2. The summed E-state index contributed by atoms with van der Waals surface area (Å²) in [7, 11) is 0. The Bertz CT molecular complexity index is 1270. The van der Waals surface area contributed by atoms with Gasteiger partial charge in [0.05, 0.1) is 16.8 Å². The molecule has 3 heterocycles. The lowest BCUT2D eigenvalue weighted by Gasteiger charge is -2.13. The number of allylic oxidation sites excluding steroid dienone is 1. The van der Waals surface area contributed by atoms with Gasteiger partial charge < -0.3 is 10.8 Å². The van der Waals surface area contributed by atoms with Gasteiger partial charge in [-0.15, -0.1) is 11.3 Å². The number of nitrogens with zero attached hydrogens (tertiary/aromatic N) is 2. The number of ketones is 2. The van der Waals surface area contributed by atoms with Crippen molar-refractivity contribution in [1.82, 2.24) is 9.78 Å². The van der Waals surface area contributed by atoms with Gasteiger partial charge in [0.15, 0.2) is 11.6 Å². The average molecular weight is 546 g/mol. The van der Waals surface area contributed by atoms with Gasteiger partial charge in [-0.05, 0) is 81.0 Å². The molecule has 37 heavy (non-hydrogen) atoms. The number of hydrogen-bond acceptors (Lipinski definition) is 6. The summed E-state index contributed by atoms with van der Waals surface area (Å²) < 4.78 is 15.5. The van der Waals surface area contributed by atoms with Gasteiger partial charge in [-0.1, -0.05) is 12.1 Å². The number of carbonyl (C=O) groups excluding carboxylic acids is 2. The molecule has 1 aliphatic rings. The molecule has 4 rings (SSSR count). The second-order valence-electron chi connectivity index (χ2n) is 8.80. The predicted molar refractivity (Wildman–Crippen MR) is 148 cm³/mol. The molecule has 0 unspecified atom stereocenters. The third-order valence-electron chi connectivity index (χ3n) is 5.82. The Morgan fingerprint density at radius 1 is 1.27 bits per heavy atom. The summed E-state index contributed by atoms with van der Waals surface area (Å²) in [6.07, 6.45) is 6.69. The van der Waals surface area contributed by atoms with E-state index in [-0.39, 0.29) is 36.8 Å². The van der Waals surface area contributed by atoms with E-state index in [0.29, 0.717) is 19.4 Å². The second kappa shape index (κ2) is 14.0. The van der Waals surface area contributed by atoms with Crippen LogP contribution in [0.2, 0.25) is 0 Å². The van der Waals surface area contributed by atoms with E-state index in [1.807, 2.05) is 18.3 Å². The van der Waals surface area contributed by atoms with E-state index >= 15 is 0 Å². The van der Waals surface area contributed by atoms with Crippen molar-refractivity contribution in [2.75, 3.05) is 6.54 Å². The molecular formula is C27H32FN3O4S2. The number of fused-ring (bicyclic) bond motifs is 3. The van der Waals surface area contributed by atoms with Crippen molar-refractivity contribution in [2.45, 2.75) is 46.1 Å². The first-order valence-electron chi connectivity index (χ1n) is 11.7. The van der Waals surface area contributed by atoms with E-state index in [4.69, 9.17) is 10.8 Å². The van der Waals surface area contributed by atoms with Crippen LogP contribution in [-0.2, 0) is 29.0 Å². The van der Waals surface area contributed by atoms with Crippen LogP contribution in [0.15, 0.2) is 48.7 Å². The Kier molecular flexibility index (Phi) is 11.4. The summed E-state index contributed by atoms with van der Waals surface area (Å²) in [6.45, 7) is 4.67. The zero-order chi connectivity index (χ0) is 26.2. The van der Waals surface area contributed by atoms with Crippen LogP contribution in [0, 0.1) is 18.7 Å². The molecule has 0 saturated heterocycles. The molecule has 0 spiro atoms. The Labute approximate surface area is 226 Å². The maximum absolute atomic E-state index is 13.4. The van der Waals surface area contributed by atoms with Gasteiger partial charge in [-0.3, -0.25) is 14.3 Å². The number of aryl methyl sites for hydroxylation is 3. The number of nitrogens with two attached hydrogens (primary N) is 1. The van der Waals surface area contributed by atoms with Gasteiger partial charge in [0.1, 0.15) is 5.82 Å². The Morgan fingerprint density at radius 3 is 2.65 bits per heavy atom. The number of aromatic nitrogens is 2. The number of carbonyl (C=O) groups is 3. The number of halogens is 1. The molecule has 0 bridgehead atoms. The summed E-state index contributed by atoms with van der Waals surface area (Å²) in [5.74, 6) is -1.49. The lowest BCUT2D eigenvalue weighted by Crippen LogP contribution is -2.20. The van der Waals surface area contributed by atoms with Gasteiger partial charge in [-0.2, -0.15) is 18.6 Å². The Hall–Kier alpha value is -3.08. The predicted octanol–water partition coefficient (Wildman–Crippen LogP) is 4.72. The lowest BCUT2D eigenvalue weighted by molar-refractivity contribution is -0.131. The van der Waals surface area contributed by atoms with Gasteiger partial charge in [-0.25, -0.2) is 9.18 Å². The molecule has 0 amide bonds. The van der Waals surface area contributed by atoms with Crippen molar-refractivity contribution in [3.05, 3.63) is 75.4 Å². The molecule has 0 fully saturated rings. The van der Waals surface area contributed by atoms with E-state index in [1.165, 1.54) is 23.9 Å². The number of thiophene rings is 1. The smallest absolute Gasteiger partial charge is 0.328 e. The maximum atomic E-state index is 13.4. The monoisotopic (exact) mass is 545 g/mol. The number of hydrogen-bond donors (Lipinski definition) is 2. The molecule has 3 N–H and O–H groups in total.